The average Bonchev–Trinajstić information content (AvgIpc) is 2.78. The van der Waals surface area contributed by atoms with Crippen molar-refractivity contribution >= 4 is 45.0 Å². The van der Waals surface area contributed by atoms with Crippen molar-refractivity contribution in [2.75, 3.05) is 25.0 Å². The van der Waals surface area contributed by atoms with Crippen molar-refractivity contribution in [3.63, 3.8) is 0 Å². The molecule has 178 valence electrons. The number of ketones is 1. The van der Waals surface area contributed by atoms with Crippen LogP contribution in [0.25, 0.3) is 0 Å². The minimum absolute atomic E-state index is 0.0104. The molecule has 2 rings (SSSR count). The average molecular weight is 495 g/mol. The maximum absolute atomic E-state index is 12.7. The predicted octanol–water partition coefficient (Wildman–Crippen LogP) is 4.00. The van der Waals surface area contributed by atoms with Crippen LogP contribution in [-0.4, -0.2) is 50.1 Å². The van der Waals surface area contributed by atoms with E-state index in [1.165, 1.54) is 28.6 Å². The van der Waals surface area contributed by atoms with E-state index in [1.807, 2.05) is 0 Å². The quantitative estimate of drug-likeness (QED) is 0.395. The number of ether oxygens (including phenoxy) is 1. The van der Waals surface area contributed by atoms with Crippen LogP contribution < -0.4 is 5.32 Å². The Balaban J connectivity index is 2.10. The molecule has 0 spiro atoms. The molecule has 0 aliphatic heterocycles. The normalized spacial score (nSPS) is 11.5. The summed E-state index contributed by atoms with van der Waals surface area (Å²) < 4.78 is 31.8. The van der Waals surface area contributed by atoms with E-state index in [9.17, 15) is 22.8 Å². The Morgan fingerprint density at radius 2 is 1.64 bits per heavy atom. The van der Waals surface area contributed by atoms with Crippen LogP contribution >= 0.6 is 11.6 Å². The predicted molar refractivity (Wildman–Crippen MR) is 126 cm³/mol. The zero-order chi connectivity index (χ0) is 24.8. The van der Waals surface area contributed by atoms with Gasteiger partial charge in [0, 0.05) is 30.3 Å². The highest BCUT2D eigenvalue weighted by Gasteiger charge is 2.24. The highest BCUT2D eigenvalue weighted by atomic mass is 35.5. The lowest BCUT2D eigenvalue weighted by Gasteiger charge is -2.19. The SMILES string of the molecule is CCN(CC)S(=O)(=O)c1ccc(Cl)c(C(=O)OCC(=O)c2ccc(NC(=O)C(C)C)cc2)c1. The summed E-state index contributed by atoms with van der Waals surface area (Å²) in [6, 6.07) is 9.95. The second-order valence-corrected chi connectivity index (χ2v) is 9.80. The summed E-state index contributed by atoms with van der Waals surface area (Å²) >= 11 is 6.07. The molecular formula is C23H27ClN2O6S. The zero-order valence-corrected chi connectivity index (χ0v) is 20.5. The second-order valence-electron chi connectivity index (χ2n) is 7.45. The summed E-state index contributed by atoms with van der Waals surface area (Å²) in [7, 11) is -3.80. The van der Waals surface area contributed by atoms with Crippen molar-refractivity contribution in [3.05, 3.63) is 58.6 Å². The first-order valence-electron chi connectivity index (χ1n) is 10.4. The molecule has 0 fully saturated rings. The van der Waals surface area contributed by atoms with Gasteiger partial charge in [0.2, 0.25) is 15.9 Å². The lowest BCUT2D eigenvalue weighted by molar-refractivity contribution is -0.118. The molecule has 8 nitrogen and oxygen atoms in total. The fourth-order valence-electron chi connectivity index (χ4n) is 2.85. The molecule has 0 aromatic heterocycles. The minimum atomic E-state index is -3.80. The Labute approximate surface area is 198 Å². The molecule has 2 aromatic rings. The Morgan fingerprint density at radius 3 is 2.18 bits per heavy atom. The molecule has 2 aromatic carbocycles. The molecule has 0 unspecified atom stereocenters. The van der Waals surface area contributed by atoms with E-state index < -0.39 is 28.4 Å². The summed E-state index contributed by atoms with van der Waals surface area (Å²) in [5.74, 6) is -1.71. The van der Waals surface area contributed by atoms with E-state index in [-0.39, 0.29) is 46.0 Å². The van der Waals surface area contributed by atoms with Gasteiger partial charge in [-0.1, -0.05) is 39.3 Å². The number of benzene rings is 2. The van der Waals surface area contributed by atoms with E-state index in [2.05, 4.69) is 5.32 Å². The summed E-state index contributed by atoms with van der Waals surface area (Å²) in [5, 5.41) is 2.73. The Bertz CT molecular complexity index is 1130. The molecule has 33 heavy (non-hydrogen) atoms. The van der Waals surface area contributed by atoms with Gasteiger partial charge in [-0.15, -0.1) is 0 Å². The van der Waals surface area contributed by atoms with E-state index in [4.69, 9.17) is 16.3 Å². The molecule has 0 heterocycles. The lowest BCUT2D eigenvalue weighted by Crippen LogP contribution is -2.30. The summed E-state index contributed by atoms with van der Waals surface area (Å²) in [5.41, 5.74) is 0.680. The van der Waals surface area contributed by atoms with Crippen LogP contribution in [0.1, 0.15) is 48.4 Å². The molecule has 0 aliphatic rings. The fraction of sp³-hybridized carbons (Fsp3) is 0.348. The number of nitrogens with zero attached hydrogens (tertiary/aromatic N) is 1. The third kappa shape index (κ3) is 6.63. The molecule has 0 radical (unpaired) electrons. The summed E-state index contributed by atoms with van der Waals surface area (Å²) in [4.78, 5) is 36.6. The Kier molecular flexibility index (Phi) is 9.16. The van der Waals surface area contributed by atoms with Crippen LogP contribution in [0.15, 0.2) is 47.4 Å². The first kappa shape index (κ1) is 26.5. The maximum Gasteiger partial charge on any atom is 0.340 e. The third-order valence-corrected chi connectivity index (χ3v) is 7.21. The van der Waals surface area contributed by atoms with Crippen molar-refractivity contribution < 1.29 is 27.5 Å². The number of Topliss-reactive ketones (excluding diaryl/α,β-unsaturated/α-hetero) is 1. The lowest BCUT2D eigenvalue weighted by atomic mass is 10.1. The van der Waals surface area contributed by atoms with Crippen molar-refractivity contribution in [2.45, 2.75) is 32.6 Å². The smallest absolute Gasteiger partial charge is 0.340 e. The number of rotatable bonds is 10. The number of nitrogens with one attached hydrogen (secondary N) is 1. The molecule has 0 saturated carbocycles. The summed E-state index contributed by atoms with van der Waals surface area (Å²) in [6.45, 7) is 6.95. The first-order valence-corrected chi connectivity index (χ1v) is 12.2. The van der Waals surface area contributed by atoms with Gasteiger partial charge in [0.25, 0.3) is 0 Å². The second kappa shape index (κ2) is 11.4. The molecule has 10 heteroatoms. The molecule has 1 N–H and O–H groups in total. The van der Waals surface area contributed by atoms with E-state index in [0.717, 1.165) is 6.07 Å². The summed E-state index contributed by atoms with van der Waals surface area (Å²) in [6.07, 6.45) is 0. The van der Waals surface area contributed by atoms with Gasteiger partial charge in [0.05, 0.1) is 15.5 Å². The molecule has 0 atom stereocenters. The van der Waals surface area contributed by atoms with Crippen LogP contribution in [-0.2, 0) is 19.6 Å². The van der Waals surface area contributed by atoms with Gasteiger partial charge in [0.1, 0.15) is 0 Å². The number of hydrogen-bond acceptors (Lipinski definition) is 6. The molecule has 1 amide bonds. The Hall–Kier alpha value is -2.75. The highest BCUT2D eigenvalue weighted by molar-refractivity contribution is 7.89. The van der Waals surface area contributed by atoms with Crippen LogP contribution in [0, 0.1) is 5.92 Å². The number of sulfonamides is 1. The monoisotopic (exact) mass is 494 g/mol. The standard InChI is InChI=1S/C23H27ClN2O6S/c1-5-26(6-2)33(30,31)18-11-12-20(24)19(13-18)23(29)32-14-21(27)16-7-9-17(10-8-16)25-22(28)15(3)4/h7-13,15H,5-6,14H2,1-4H3,(H,25,28). The van der Waals surface area contributed by atoms with Gasteiger partial charge in [-0.25, -0.2) is 13.2 Å². The van der Waals surface area contributed by atoms with Gasteiger partial charge in [-0.3, -0.25) is 9.59 Å². The molecule has 0 saturated heterocycles. The topological polar surface area (TPSA) is 110 Å². The molecular weight excluding hydrogens is 468 g/mol. The van der Waals surface area contributed by atoms with Crippen molar-refractivity contribution in [1.82, 2.24) is 4.31 Å². The van der Waals surface area contributed by atoms with E-state index >= 15 is 0 Å². The van der Waals surface area contributed by atoms with Crippen molar-refractivity contribution in [1.29, 1.82) is 0 Å². The van der Waals surface area contributed by atoms with Gasteiger partial charge >= 0.3 is 5.97 Å². The van der Waals surface area contributed by atoms with Crippen LogP contribution in [0.5, 0.6) is 0 Å². The number of hydrogen-bond donors (Lipinski definition) is 1. The fourth-order valence-corrected chi connectivity index (χ4v) is 4.53. The van der Waals surface area contributed by atoms with E-state index in [1.54, 1.807) is 39.8 Å². The first-order chi connectivity index (χ1) is 15.5. The minimum Gasteiger partial charge on any atom is -0.454 e. The number of carbonyl (C=O) groups excluding carboxylic acids is 3. The Morgan fingerprint density at radius 1 is 1.03 bits per heavy atom. The molecule has 0 bridgehead atoms. The number of amides is 1. The van der Waals surface area contributed by atoms with Gasteiger partial charge < -0.3 is 10.1 Å². The number of carbonyl (C=O) groups is 3. The van der Waals surface area contributed by atoms with Crippen LogP contribution in [0.2, 0.25) is 5.02 Å². The van der Waals surface area contributed by atoms with Gasteiger partial charge in [0.15, 0.2) is 12.4 Å². The zero-order valence-electron chi connectivity index (χ0n) is 18.9. The van der Waals surface area contributed by atoms with Crippen molar-refractivity contribution in [3.8, 4) is 0 Å². The number of anilines is 1. The highest BCUT2D eigenvalue weighted by Crippen LogP contribution is 2.24. The largest absolute Gasteiger partial charge is 0.454 e. The number of esters is 1. The van der Waals surface area contributed by atoms with Crippen LogP contribution in [0.3, 0.4) is 0 Å². The number of halogens is 1. The van der Waals surface area contributed by atoms with Crippen molar-refractivity contribution in [2.24, 2.45) is 5.92 Å². The maximum atomic E-state index is 12.7. The third-order valence-electron chi connectivity index (χ3n) is 4.83. The van der Waals surface area contributed by atoms with Gasteiger partial charge in [-0.2, -0.15) is 4.31 Å². The van der Waals surface area contributed by atoms with Crippen LogP contribution in [0.4, 0.5) is 5.69 Å². The van der Waals surface area contributed by atoms with E-state index in [0.29, 0.717) is 5.69 Å². The van der Waals surface area contributed by atoms with Gasteiger partial charge in [-0.05, 0) is 42.5 Å². The molecule has 0 aliphatic carbocycles.